The van der Waals surface area contributed by atoms with Crippen LogP contribution in [-0.2, 0) is 0 Å². The highest BCUT2D eigenvalue weighted by molar-refractivity contribution is 7.20. The number of benzene rings is 11. The first-order chi connectivity index (χ1) is 37.7. The molecule has 3 aliphatic carbocycles. The molecule has 0 saturated heterocycles. The van der Waals surface area contributed by atoms with Gasteiger partial charge < -0.3 is 4.42 Å². The first kappa shape index (κ1) is 44.0. The van der Waals surface area contributed by atoms with E-state index in [2.05, 4.69) is 249 Å². The monoisotopic (exact) mass is 985 g/mol. The van der Waals surface area contributed by atoms with Gasteiger partial charge in [-0.05, 0) is 94.6 Å². The average Bonchev–Trinajstić information content (AvgIpc) is 4.05. The van der Waals surface area contributed by atoms with Crippen LogP contribution in [0.15, 0.2) is 277 Å². The van der Waals surface area contributed by atoms with Crippen LogP contribution in [0.1, 0.15) is 45.2 Å². The summed E-state index contributed by atoms with van der Waals surface area (Å²) in [5, 5.41) is 7.53. The predicted octanol–water partition coefficient (Wildman–Crippen LogP) is 14.5. The fraction of sp³-hybridized carbons (Fsp3) is 0.0282. The Hall–Kier alpha value is -9.55. The van der Waals surface area contributed by atoms with Gasteiger partial charge in [-0.15, -0.1) is 0 Å². The van der Waals surface area contributed by atoms with E-state index in [-0.39, 0.29) is 11.8 Å². The van der Waals surface area contributed by atoms with E-state index in [1.54, 1.807) is 0 Å². The van der Waals surface area contributed by atoms with Gasteiger partial charge in [-0.3, -0.25) is 0 Å². The number of para-hydroxylation sites is 1. The van der Waals surface area contributed by atoms with Crippen molar-refractivity contribution in [2.45, 2.75) is 11.8 Å². The minimum absolute atomic E-state index is 0.0322. The van der Waals surface area contributed by atoms with Crippen LogP contribution in [0.3, 0.4) is 0 Å². The normalized spacial score (nSPS) is 14.3. The number of furan rings is 1. The Morgan fingerprint density at radius 3 is 1.47 bits per heavy atom. The lowest BCUT2D eigenvalue weighted by atomic mass is 9.60. The predicted molar refractivity (Wildman–Crippen MR) is 313 cm³/mol. The Morgan fingerprint density at radius 2 is 0.763 bits per heavy atom. The topological polar surface area (TPSA) is 51.8 Å². The van der Waals surface area contributed by atoms with E-state index >= 15 is 0 Å². The van der Waals surface area contributed by atoms with Crippen molar-refractivity contribution in [3.05, 3.63) is 306 Å². The molecule has 356 valence electrons. The van der Waals surface area contributed by atoms with Crippen LogP contribution >= 0.6 is 0 Å². The zero-order valence-corrected chi connectivity index (χ0v) is 42.4. The molecule has 0 radical (unpaired) electrons. The van der Waals surface area contributed by atoms with Crippen LogP contribution in [0, 0.1) is 0 Å². The molecule has 0 aliphatic heterocycles. The molecule has 4 nitrogen and oxygen atoms in total. The number of rotatable bonds is 9. The highest BCUT2D eigenvalue weighted by atomic mass is 28.3. The minimum atomic E-state index is -2.99. The molecule has 0 fully saturated rings. The standard InChI is InChI=1S/C71H47N3OSi/c1-5-23-46(24-6-1)47-25-19-26-48(45-47)69-72-70(74-71(73-69)60-41-21-43-62-65(60)57-37-17-18-42-61(57)75-62)56-36-16-13-33-52(56)53-38-20-39-58-64-54-34-14-15-35-55(54)68(66(53)58)67-59(64)40-22-44-63(67)76(49-27-7-2-8-28-49,50-29-9-3-10-30-50)51-31-11-4-12-32-51/h1-45,64,68H. The first-order valence-electron chi connectivity index (χ1n) is 26.2. The molecule has 2 heterocycles. The number of fused-ring (bicyclic) bond motifs is 3. The zero-order chi connectivity index (χ0) is 50.2. The van der Waals surface area contributed by atoms with Gasteiger partial charge >= 0.3 is 0 Å². The van der Waals surface area contributed by atoms with Crippen molar-refractivity contribution in [1.29, 1.82) is 0 Å². The van der Waals surface area contributed by atoms with Gasteiger partial charge in [0.15, 0.2) is 25.5 Å². The number of hydrogen-bond donors (Lipinski definition) is 0. The fourth-order valence-corrected chi connectivity index (χ4v) is 18.0. The smallest absolute Gasteiger partial charge is 0.179 e. The second-order valence-corrected chi connectivity index (χ2v) is 23.8. The van der Waals surface area contributed by atoms with E-state index in [4.69, 9.17) is 19.4 Å². The highest BCUT2D eigenvalue weighted by Crippen LogP contribution is 2.58. The van der Waals surface area contributed by atoms with Gasteiger partial charge in [0.25, 0.3) is 0 Å². The van der Waals surface area contributed by atoms with Crippen LogP contribution in [0.2, 0.25) is 0 Å². The summed E-state index contributed by atoms with van der Waals surface area (Å²) in [7, 11) is -2.99. The summed E-state index contributed by atoms with van der Waals surface area (Å²) >= 11 is 0. The van der Waals surface area contributed by atoms with Crippen molar-refractivity contribution >= 4 is 50.8 Å². The number of hydrogen-bond acceptors (Lipinski definition) is 4. The summed E-state index contributed by atoms with van der Waals surface area (Å²) < 4.78 is 6.45. The van der Waals surface area contributed by atoms with Gasteiger partial charge in [-0.2, -0.15) is 0 Å². The molecule has 0 N–H and O–H groups in total. The summed E-state index contributed by atoms with van der Waals surface area (Å²) in [6.07, 6.45) is 0. The lowest BCUT2D eigenvalue weighted by Crippen LogP contribution is -2.75. The quantitative estimate of drug-likeness (QED) is 0.107. The fourth-order valence-electron chi connectivity index (χ4n) is 13.0. The maximum Gasteiger partial charge on any atom is 0.179 e. The zero-order valence-electron chi connectivity index (χ0n) is 41.4. The molecule has 16 rings (SSSR count). The second kappa shape index (κ2) is 17.8. The summed E-state index contributed by atoms with van der Waals surface area (Å²) in [4.78, 5) is 16.4. The summed E-state index contributed by atoms with van der Waals surface area (Å²) in [6, 6.07) is 99.6. The third kappa shape index (κ3) is 6.79. The largest absolute Gasteiger partial charge is 0.456 e. The van der Waals surface area contributed by atoms with Crippen molar-refractivity contribution in [2.24, 2.45) is 0 Å². The van der Waals surface area contributed by atoms with E-state index in [9.17, 15) is 0 Å². The lowest BCUT2D eigenvalue weighted by Gasteiger charge is -2.47. The Bertz CT molecular complexity index is 4270. The Balaban J connectivity index is 0.979. The minimum Gasteiger partial charge on any atom is -0.456 e. The average molecular weight is 986 g/mol. The van der Waals surface area contributed by atoms with E-state index in [1.807, 2.05) is 24.3 Å². The molecule has 2 bridgehead atoms. The van der Waals surface area contributed by atoms with Gasteiger partial charge in [0.05, 0.1) is 0 Å². The van der Waals surface area contributed by atoms with Crippen molar-refractivity contribution in [3.8, 4) is 56.4 Å². The Labute approximate surface area is 442 Å². The van der Waals surface area contributed by atoms with Crippen molar-refractivity contribution in [3.63, 3.8) is 0 Å². The second-order valence-electron chi connectivity index (χ2n) is 20.0. The van der Waals surface area contributed by atoms with E-state index in [0.29, 0.717) is 17.5 Å². The Morgan fingerprint density at radius 1 is 0.303 bits per heavy atom. The number of nitrogens with zero attached hydrogens (tertiary/aromatic N) is 3. The summed E-state index contributed by atoms with van der Waals surface area (Å²) in [6.45, 7) is 0. The van der Waals surface area contributed by atoms with Gasteiger partial charge in [0.2, 0.25) is 0 Å². The van der Waals surface area contributed by atoms with E-state index in [1.165, 1.54) is 59.7 Å². The molecule has 76 heavy (non-hydrogen) atoms. The molecule has 0 spiro atoms. The van der Waals surface area contributed by atoms with E-state index in [0.717, 1.165) is 55.3 Å². The first-order valence-corrected chi connectivity index (χ1v) is 28.2. The molecule has 2 unspecified atom stereocenters. The van der Waals surface area contributed by atoms with Crippen LogP contribution in [0.4, 0.5) is 0 Å². The molecule has 0 amide bonds. The summed E-state index contributed by atoms with van der Waals surface area (Å²) in [5.74, 6) is 1.76. The van der Waals surface area contributed by atoms with Crippen LogP contribution in [0.25, 0.3) is 78.4 Å². The van der Waals surface area contributed by atoms with E-state index < -0.39 is 8.07 Å². The third-order valence-electron chi connectivity index (χ3n) is 16.1. The maximum absolute atomic E-state index is 6.45. The molecule has 2 aromatic heterocycles. The SMILES string of the molecule is c1ccc(-c2cccc(-c3nc(-c4ccccc4-c4cccc5c4C4c6ccccc6C5c5cccc([Si](c6ccccc6)(c6ccccc6)c6ccccc6)c54)nc(-c4cccc5oc6ccccc6c45)n3)c2)cc1. The molecule has 3 aliphatic rings. The Kier molecular flexibility index (Phi) is 10.3. The molecular formula is C71H47N3OSi. The van der Waals surface area contributed by atoms with Crippen LogP contribution < -0.4 is 20.7 Å². The highest BCUT2D eigenvalue weighted by Gasteiger charge is 2.49. The van der Waals surface area contributed by atoms with Crippen molar-refractivity contribution < 1.29 is 4.42 Å². The van der Waals surface area contributed by atoms with Gasteiger partial charge in [0, 0.05) is 39.3 Å². The molecule has 13 aromatic rings. The van der Waals surface area contributed by atoms with Gasteiger partial charge in [0.1, 0.15) is 11.2 Å². The third-order valence-corrected chi connectivity index (χ3v) is 20.9. The van der Waals surface area contributed by atoms with Crippen LogP contribution in [0.5, 0.6) is 0 Å². The van der Waals surface area contributed by atoms with Crippen LogP contribution in [-0.4, -0.2) is 23.0 Å². The van der Waals surface area contributed by atoms with Gasteiger partial charge in [-0.25, -0.2) is 15.0 Å². The van der Waals surface area contributed by atoms with Crippen molar-refractivity contribution in [1.82, 2.24) is 15.0 Å². The number of aromatic nitrogens is 3. The molecule has 11 aromatic carbocycles. The lowest BCUT2D eigenvalue weighted by molar-refractivity contribution is 0.669. The molecule has 0 saturated carbocycles. The molecule has 2 atom stereocenters. The van der Waals surface area contributed by atoms with Gasteiger partial charge in [-0.1, -0.05) is 255 Å². The summed E-state index contributed by atoms with van der Waals surface area (Å²) in [5.41, 5.74) is 17.1. The maximum atomic E-state index is 6.45. The molecular weight excluding hydrogens is 939 g/mol. The molecule has 5 heteroatoms. The van der Waals surface area contributed by atoms with Crippen molar-refractivity contribution in [2.75, 3.05) is 0 Å².